The highest BCUT2D eigenvalue weighted by Crippen LogP contribution is 2.50. The average molecular weight is 328 g/mol. The maximum absolute atomic E-state index is 11.2. The molecule has 126 valence electrons. The molecule has 2 atom stereocenters. The van der Waals surface area contributed by atoms with Gasteiger partial charge in [0.15, 0.2) is 11.2 Å². The molecule has 0 aromatic carbocycles. The Labute approximate surface area is 141 Å². The molecule has 1 aliphatic heterocycles. The van der Waals surface area contributed by atoms with E-state index in [0.717, 1.165) is 5.57 Å². The molecule has 24 heavy (non-hydrogen) atoms. The Morgan fingerprint density at radius 2 is 2.04 bits per heavy atom. The fourth-order valence-electron chi connectivity index (χ4n) is 3.85. The highest BCUT2D eigenvalue weighted by atomic mass is 16.7. The fourth-order valence-corrected chi connectivity index (χ4v) is 3.85. The second kappa shape index (κ2) is 6.39. The Kier molecular flexibility index (Phi) is 4.45. The lowest BCUT2D eigenvalue weighted by Gasteiger charge is -2.40. The zero-order valence-corrected chi connectivity index (χ0v) is 13.7. The first-order valence-electron chi connectivity index (χ1n) is 8.15. The van der Waals surface area contributed by atoms with Crippen LogP contribution in [0, 0.1) is 39.9 Å². The number of carbonyl (C=O) groups excluding carboxylic acids is 1. The van der Waals surface area contributed by atoms with Crippen LogP contribution in [-0.2, 0) is 19.0 Å². The maximum Gasteiger partial charge on any atom is 0.302 e. The van der Waals surface area contributed by atoms with Crippen molar-refractivity contribution in [2.75, 3.05) is 19.8 Å². The normalized spacial score (nSPS) is 29.7. The minimum absolute atomic E-state index is 0.103. The van der Waals surface area contributed by atoms with Crippen LogP contribution >= 0.6 is 0 Å². The summed E-state index contributed by atoms with van der Waals surface area (Å²) in [6.45, 7) is 2.68. The van der Waals surface area contributed by atoms with E-state index in [-0.39, 0.29) is 24.4 Å². The summed E-state index contributed by atoms with van der Waals surface area (Å²) in [6, 6.07) is 4.40. The van der Waals surface area contributed by atoms with Crippen molar-refractivity contribution in [2.45, 2.75) is 32.0 Å². The van der Waals surface area contributed by atoms with Gasteiger partial charge in [-0.2, -0.15) is 10.5 Å². The molecule has 0 saturated carbocycles. The van der Waals surface area contributed by atoms with Gasteiger partial charge in [0.1, 0.15) is 0 Å². The first-order valence-corrected chi connectivity index (χ1v) is 8.15. The van der Waals surface area contributed by atoms with E-state index in [4.69, 9.17) is 14.2 Å². The molecule has 0 N–H and O–H groups in total. The summed E-state index contributed by atoms with van der Waals surface area (Å²) in [5.41, 5.74) is -0.369. The van der Waals surface area contributed by atoms with Crippen molar-refractivity contribution in [1.82, 2.24) is 0 Å². The van der Waals surface area contributed by atoms with Gasteiger partial charge in [-0.3, -0.25) is 4.79 Å². The molecule has 1 spiro atoms. The van der Waals surface area contributed by atoms with Gasteiger partial charge in [-0.15, -0.1) is 0 Å². The standard InChI is InChI=1S/C18H20N2O4/c1-13(21)22-10-14-3-2-5-17(11-19,12-20)16-4-6-18(9-15(14)16)23-7-8-24-18/h2-4,14-15H,5-10H2,1H3/t14-,15-/m0/s1. The summed E-state index contributed by atoms with van der Waals surface area (Å²) in [5, 5.41) is 19.3. The SMILES string of the molecule is CC(=O)OC[C@@H]1C=CCC(C#N)(C#N)C2=CCC3(C[C@H]21)OCCO3. The lowest BCUT2D eigenvalue weighted by atomic mass is 9.67. The minimum Gasteiger partial charge on any atom is -0.465 e. The van der Waals surface area contributed by atoms with Crippen LogP contribution in [-0.4, -0.2) is 31.6 Å². The average Bonchev–Trinajstić information content (AvgIpc) is 2.96. The molecule has 3 aliphatic rings. The van der Waals surface area contributed by atoms with Crippen molar-refractivity contribution in [3.05, 3.63) is 23.8 Å². The van der Waals surface area contributed by atoms with Crippen molar-refractivity contribution >= 4 is 5.97 Å². The molecule has 6 heteroatoms. The highest BCUT2D eigenvalue weighted by Gasteiger charge is 2.50. The van der Waals surface area contributed by atoms with Gasteiger partial charge in [-0.05, 0) is 11.5 Å². The van der Waals surface area contributed by atoms with Gasteiger partial charge in [0.25, 0.3) is 0 Å². The van der Waals surface area contributed by atoms with E-state index in [2.05, 4.69) is 12.1 Å². The molecule has 3 rings (SSSR count). The molecule has 0 amide bonds. The quantitative estimate of drug-likeness (QED) is 0.570. The van der Waals surface area contributed by atoms with Crippen LogP contribution in [0.5, 0.6) is 0 Å². The second-order valence-corrected chi connectivity index (χ2v) is 6.51. The maximum atomic E-state index is 11.2. The lowest BCUT2D eigenvalue weighted by Crippen LogP contribution is -2.41. The first kappa shape index (κ1) is 16.7. The zero-order valence-electron chi connectivity index (χ0n) is 13.7. The van der Waals surface area contributed by atoms with Crippen LogP contribution in [0.4, 0.5) is 0 Å². The van der Waals surface area contributed by atoms with Crippen LogP contribution in [0.15, 0.2) is 23.8 Å². The third-order valence-electron chi connectivity index (χ3n) is 5.05. The van der Waals surface area contributed by atoms with Crippen molar-refractivity contribution in [1.29, 1.82) is 10.5 Å². The van der Waals surface area contributed by atoms with Crippen LogP contribution < -0.4 is 0 Å². The largest absolute Gasteiger partial charge is 0.465 e. The summed E-state index contributed by atoms with van der Waals surface area (Å²) >= 11 is 0. The number of hydrogen-bond donors (Lipinski definition) is 0. The van der Waals surface area contributed by atoms with Gasteiger partial charge in [0.05, 0.1) is 32.0 Å². The predicted molar refractivity (Wildman–Crippen MR) is 83.0 cm³/mol. The number of nitrogens with zero attached hydrogens (tertiary/aromatic N) is 2. The lowest BCUT2D eigenvalue weighted by molar-refractivity contribution is -0.173. The third-order valence-corrected chi connectivity index (χ3v) is 5.05. The number of hydrogen-bond acceptors (Lipinski definition) is 6. The van der Waals surface area contributed by atoms with Crippen LogP contribution in [0.3, 0.4) is 0 Å². The van der Waals surface area contributed by atoms with Crippen molar-refractivity contribution in [3.8, 4) is 12.1 Å². The summed E-state index contributed by atoms with van der Waals surface area (Å²) in [5.74, 6) is -1.26. The number of carbonyl (C=O) groups is 1. The molecule has 0 aromatic rings. The van der Waals surface area contributed by atoms with Gasteiger partial charge >= 0.3 is 5.97 Å². The first-order chi connectivity index (χ1) is 11.5. The van der Waals surface area contributed by atoms with Crippen molar-refractivity contribution < 1.29 is 19.0 Å². The molecule has 0 bridgehead atoms. The van der Waals surface area contributed by atoms with Gasteiger partial charge in [0, 0.05) is 32.1 Å². The molecule has 0 radical (unpaired) electrons. The topological polar surface area (TPSA) is 92.3 Å². The fraction of sp³-hybridized carbons (Fsp3) is 0.611. The molecular weight excluding hydrogens is 308 g/mol. The zero-order chi connectivity index (χ0) is 17.2. The van der Waals surface area contributed by atoms with Crippen LogP contribution in [0.2, 0.25) is 0 Å². The summed E-state index contributed by atoms with van der Waals surface area (Å²) in [4.78, 5) is 11.2. The smallest absolute Gasteiger partial charge is 0.302 e. The number of esters is 1. The van der Waals surface area contributed by atoms with E-state index >= 15 is 0 Å². The third kappa shape index (κ3) is 2.84. The number of fused-ring (bicyclic) bond motifs is 1. The molecule has 1 fully saturated rings. The van der Waals surface area contributed by atoms with Crippen molar-refractivity contribution in [2.24, 2.45) is 17.3 Å². The predicted octanol–water partition coefficient (Wildman–Crippen LogP) is 2.24. The minimum atomic E-state index is -1.17. The molecule has 2 aliphatic carbocycles. The Morgan fingerprint density at radius 1 is 1.33 bits per heavy atom. The Morgan fingerprint density at radius 3 is 2.67 bits per heavy atom. The van der Waals surface area contributed by atoms with Crippen molar-refractivity contribution in [3.63, 3.8) is 0 Å². The van der Waals surface area contributed by atoms with Gasteiger partial charge in [-0.1, -0.05) is 18.2 Å². The van der Waals surface area contributed by atoms with Gasteiger partial charge in [0.2, 0.25) is 0 Å². The highest BCUT2D eigenvalue weighted by molar-refractivity contribution is 5.65. The summed E-state index contributed by atoms with van der Waals surface area (Å²) in [7, 11) is 0. The van der Waals surface area contributed by atoms with Crippen LogP contribution in [0.25, 0.3) is 0 Å². The van der Waals surface area contributed by atoms with E-state index in [1.807, 2.05) is 18.2 Å². The molecule has 1 saturated heterocycles. The van der Waals surface area contributed by atoms with E-state index in [0.29, 0.717) is 32.5 Å². The number of rotatable bonds is 2. The van der Waals surface area contributed by atoms with E-state index in [1.54, 1.807) is 0 Å². The molecular formula is C18H20N2O4. The number of nitriles is 2. The summed E-state index contributed by atoms with van der Waals surface area (Å²) in [6.07, 6.45) is 7.16. The van der Waals surface area contributed by atoms with Gasteiger partial charge < -0.3 is 14.2 Å². The molecule has 0 unspecified atom stereocenters. The van der Waals surface area contributed by atoms with E-state index < -0.39 is 11.2 Å². The number of allylic oxidation sites excluding steroid dienone is 2. The Balaban J connectivity index is 1.97. The van der Waals surface area contributed by atoms with Crippen LogP contribution in [0.1, 0.15) is 26.2 Å². The number of ether oxygens (including phenoxy) is 3. The Bertz CT molecular complexity index is 647. The van der Waals surface area contributed by atoms with E-state index in [9.17, 15) is 15.3 Å². The Hall–Kier alpha value is -2.15. The van der Waals surface area contributed by atoms with E-state index in [1.165, 1.54) is 6.92 Å². The summed E-state index contributed by atoms with van der Waals surface area (Å²) < 4.78 is 16.8. The molecule has 0 aromatic heterocycles. The van der Waals surface area contributed by atoms with Gasteiger partial charge in [-0.25, -0.2) is 0 Å². The molecule has 6 nitrogen and oxygen atoms in total. The second-order valence-electron chi connectivity index (χ2n) is 6.51. The molecule has 1 heterocycles. The monoisotopic (exact) mass is 328 g/mol.